The van der Waals surface area contributed by atoms with Gasteiger partial charge in [0.05, 0.1) is 6.21 Å². The minimum atomic E-state index is -0.0430. The standard InChI is InChI=1S/C16H14ClN5/c1-21-16(11-6-8-12(17)9-7-11)15(10-18-21)22-19-13-4-2-3-5-14(13)20-22/h2-10,15-16H,1H3. The lowest BCUT2D eigenvalue weighted by Crippen LogP contribution is -2.25. The van der Waals surface area contributed by atoms with Crippen LogP contribution in [-0.4, -0.2) is 33.3 Å². The van der Waals surface area contributed by atoms with E-state index in [1.807, 2.05) is 66.8 Å². The summed E-state index contributed by atoms with van der Waals surface area (Å²) in [5.74, 6) is 0. The van der Waals surface area contributed by atoms with Gasteiger partial charge in [-0.2, -0.15) is 20.1 Å². The van der Waals surface area contributed by atoms with Gasteiger partial charge in [0.15, 0.2) is 0 Å². The molecule has 2 atom stereocenters. The van der Waals surface area contributed by atoms with Crippen molar-refractivity contribution in [2.24, 2.45) is 5.10 Å². The van der Waals surface area contributed by atoms with E-state index in [4.69, 9.17) is 11.6 Å². The van der Waals surface area contributed by atoms with Gasteiger partial charge in [-0.15, -0.1) is 0 Å². The van der Waals surface area contributed by atoms with Gasteiger partial charge in [-0.3, -0.25) is 5.01 Å². The predicted octanol–water partition coefficient (Wildman–Crippen LogP) is 3.30. The van der Waals surface area contributed by atoms with Crippen LogP contribution in [0.1, 0.15) is 17.6 Å². The molecular formula is C16H14ClN5. The van der Waals surface area contributed by atoms with E-state index in [1.165, 1.54) is 0 Å². The monoisotopic (exact) mass is 311 g/mol. The molecule has 2 heterocycles. The lowest BCUT2D eigenvalue weighted by Gasteiger charge is -2.24. The Labute approximate surface area is 132 Å². The second-order valence-corrected chi connectivity index (χ2v) is 5.77. The van der Waals surface area contributed by atoms with Gasteiger partial charge >= 0.3 is 0 Å². The lowest BCUT2D eigenvalue weighted by atomic mass is 10.0. The Bertz CT molecular complexity index is 806. The Morgan fingerprint density at radius 1 is 0.955 bits per heavy atom. The van der Waals surface area contributed by atoms with E-state index < -0.39 is 0 Å². The molecular weight excluding hydrogens is 298 g/mol. The second kappa shape index (κ2) is 5.10. The highest BCUT2D eigenvalue weighted by Gasteiger charge is 2.33. The molecule has 0 N–H and O–H groups in total. The third kappa shape index (κ3) is 2.14. The van der Waals surface area contributed by atoms with Crippen LogP contribution in [0.4, 0.5) is 0 Å². The highest BCUT2D eigenvalue weighted by molar-refractivity contribution is 6.30. The zero-order valence-corrected chi connectivity index (χ0v) is 12.7. The molecule has 22 heavy (non-hydrogen) atoms. The lowest BCUT2D eigenvalue weighted by molar-refractivity contribution is 0.235. The molecule has 6 heteroatoms. The van der Waals surface area contributed by atoms with Crippen LogP contribution in [-0.2, 0) is 0 Å². The number of aromatic nitrogens is 3. The molecule has 0 spiro atoms. The van der Waals surface area contributed by atoms with Gasteiger partial charge < -0.3 is 0 Å². The molecule has 0 fully saturated rings. The van der Waals surface area contributed by atoms with E-state index in [0.717, 1.165) is 21.6 Å². The molecule has 4 rings (SSSR count). The first kappa shape index (κ1) is 13.3. The molecule has 0 aliphatic carbocycles. The van der Waals surface area contributed by atoms with Crippen molar-refractivity contribution in [3.05, 3.63) is 59.1 Å². The molecule has 1 aliphatic rings. The van der Waals surface area contributed by atoms with Crippen molar-refractivity contribution in [2.75, 3.05) is 7.05 Å². The van der Waals surface area contributed by atoms with E-state index in [0.29, 0.717) is 0 Å². The number of nitrogens with zero attached hydrogens (tertiary/aromatic N) is 5. The number of benzene rings is 2. The molecule has 110 valence electrons. The molecule has 0 saturated heterocycles. The molecule has 2 aromatic carbocycles. The summed E-state index contributed by atoms with van der Waals surface area (Å²) in [4.78, 5) is 1.75. The summed E-state index contributed by atoms with van der Waals surface area (Å²) in [5.41, 5.74) is 2.91. The molecule has 1 aromatic heterocycles. The quantitative estimate of drug-likeness (QED) is 0.729. The maximum atomic E-state index is 5.99. The number of hydrogen-bond acceptors (Lipinski definition) is 4. The van der Waals surface area contributed by atoms with E-state index >= 15 is 0 Å². The molecule has 5 nitrogen and oxygen atoms in total. The summed E-state index contributed by atoms with van der Waals surface area (Å²) in [6.45, 7) is 0. The SMILES string of the molecule is CN1N=CC(n2nc3ccccc3n2)C1c1ccc(Cl)cc1. The number of fused-ring (bicyclic) bond motifs is 1. The first-order chi connectivity index (χ1) is 10.7. The van der Waals surface area contributed by atoms with Crippen LogP contribution >= 0.6 is 11.6 Å². The van der Waals surface area contributed by atoms with Gasteiger partial charge in [0.25, 0.3) is 0 Å². The van der Waals surface area contributed by atoms with Gasteiger partial charge in [0.1, 0.15) is 23.1 Å². The minimum absolute atomic E-state index is 0.0430. The Hall–Kier alpha value is -2.40. The molecule has 0 bridgehead atoms. The first-order valence-electron chi connectivity index (χ1n) is 7.06. The number of hydrogen-bond donors (Lipinski definition) is 0. The van der Waals surface area contributed by atoms with E-state index in [9.17, 15) is 0 Å². The van der Waals surface area contributed by atoms with Crippen LogP contribution in [0.5, 0.6) is 0 Å². The van der Waals surface area contributed by atoms with Crippen LogP contribution < -0.4 is 0 Å². The Kier molecular flexibility index (Phi) is 3.08. The number of hydrazone groups is 1. The number of likely N-dealkylation sites (N-methyl/N-ethyl adjacent to an activating group) is 1. The predicted molar refractivity (Wildman–Crippen MR) is 87.0 cm³/mol. The molecule has 3 aromatic rings. The fourth-order valence-corrected chi connectivity index (χ4v) is 2.94. The van der Waals surface area contributed by atoms with E-state index in [2.05, 4.69) is 15.3 Å². The minimum Gasteiger partial charge on any atom is -0.290 e. The summed E-state index contributed by atoms with van der Waals surface area (Å²) in [6, 6.07) is 15.7. The second-order valence-electron chi connectivity index (χ2n) is 5.33. The summed E-state index contributed by atoms with van der Waals surface area (Å²) in [6.07, 6.45) is 1.89. The van der Waals surface area contributed by atoms with Crippen molar-refractivity contribution in [3.8, 4) is 0 Å². The van der Waals surface area contributed by atoms with Gasteiger partial charge in [-0.05, 0) is 29.8 Å². The van der Waals surface area contributed by atoms with Crippen molar-refractivity contribution in [1.82, 2.24) is 20.0 Å². The van der Waals surface area contributed by atoms with Crippen molar-refractivity contribution < 1.29 is 0 Å². The molecule has 0 saturated carbocycles. The van der Waals surface area contributed by atoms with Gasteiger partial charge in [0, 0.05) is 12.1 Å². The van der Waals surface area contributed by atoms with Crippen LogP contribution in [0.2, 0.25) is 5.02 Å². The molecule has 1 aliphatic heterocycles. The van der Waals surface area contributed by atoms with E-state index in [-0.39, 0.29) is 12.1 Å². The molecule has 2 unspecified atom stereocenters. The van der Waals surface area contributed by atoms with Crippen molar-refractivity contribution in [1.29, 1.82) is 0 Å². The van der Waals surface area contributed by atoms with Crippen LogP contribution in [0, 0.1) is 0 Å². The van der Waals surface area contributed by atoms with Gasteiger partial charge in [-0.25, -0.2) is 0 Å². The number of halogens is 1. The Morgan fingerprint density at radius 2 is 1.59 bits per heavy atom. The summed E-state index contributed by atoms with van der Waals surface area (Å²) >= 11 is 5.99. The van der Waals surface area contributed by atoms with Crippen LogP contribution in [0.3, 0.4) is 0 Å². The zero-order chi connectivity index (χ0) is 15.1. The largest absolute Gasteiger partial charge is 0.290 e. The van der Waals surface area contributed by atoms with Crippen molar-refractivity contribution in [3.63, 3.8) is 0 Å². The average molecular weight is 312 g/mol. The maximum Gasteiger partial charge on any atom is 0.134 e. The Balaban J connectivity index is 1.75. The third-order valence-electron chi connectivity index (χ3n) is 3.91. The summed E-state index contributed by atoms with van der Waals surface area (Å²) in [5, 5.41) is 16.2. The fraction of sp³-hybridized carbons (Fsp3) is 0.188. The molecule has 0 radical (unpaired) electrons. The average Bonchev–Trinajstić information content (AvgIpc) is 3.11. The highest BCUT2D eigenvalue weighted by Crippen LogP contribution is 2.34. The third-order valence-corrected chi connectivity index (χ3v) is 4.16. The summed E-state index contributed by atoms with van der Waals surface area (Å²) < 4.78 is 0. The number of rotatable bonds is 2. The fourth-order valence-electron chi connectivity index (χ4n) is 2.82. The van der Waals surface area contributed by atoms with Crippen LogP contribution in [0.25, 0.3) is 11.0 Å². The normalized spacial score (nSPS) is 20.9. The summed E-state index contributed by atoms with van der Waals surface area (Å²) in [7, 11) is 1.96. The molecule has 0 amide bonds. The van der Waals surface area contributed by atoms with Crippen LogP contribution in [0.15, 0.2) is 53.6 Å². The van der Waals surface area contributed by atoms with Gasteiger partial charge in [0.2, 0.25) is 0 Å². The first-order valence-corrected chi connectivity index (χ1v) is 7.44. The highest BCUT2D eigenvalue weighted by atomic mass is 35.5. The maximum absolute atomic E-state index is 5.99. The smallest absolute Gasteiger partial charge is 0.134 e. The zero-order valence-electron chi connectivity index (χ0n) is 12.0. The van der Waals surface area contributed by atoms with Crippen molar-refractivity contribution >= 4 is 28.8 Å². The Morgan fingerprint density at radius 3 is 2.23 bits per heavy atom. The topological polar surface area (TPSA) is 46.3 Å². The van der Waals surface area contributed by atoms with E-state index in [1.54, 1.807) is 4.80 Å². The van der Waals surface area contributed by atoms with Gasteiger partial charge in [-0.1, -0.05) is 35.9 Å². The van der Waals surface area contributed by atoms with Crippen molar-refractivity contribution in [2.45, 2.75) is 12.1 Å².